The summed E-state index contributed by atoms with van der Waals surface area (Å²) in [5, 5.41) is 3.92. The molecule has 2 aromatic rings. The predicted octanol–water partition coefficient (Wildman–Crippen LogP) is 2.10. The van der Waals surface area contributed by atoms with Crippen LogP contribution in [0.2, 0.25) is 15.2 Å². The van der Waals surface area contributed by atoms with Gasteiger partial charge in [-0.15, -0.1) is 0 Å². The summed E-state index contributed by atoms with van der Waals surface area (Å²) in [6.45, 7) is 0.336. The smallest absolute Gasteiger partial charge is 0.191 e. The van der Waals surface area contributed by atoms with Gasteiger partial charge >= 0.3 is 0 Å². The first-order chi connectivity index (χ1) is 11.8. The molecule has 0 spiro atoms. The molecule has 11 heteroatoms. The Hall–Kier alpha value is -2.00. The fourth-order valence-electron chi connectivity index (χ4n) is 2.10. The van der Waals surface area contributed by atoms with Crippen LogP contribution in [-0.4, -0.2) is 22.2 Å². The molecule has 8 nitrogen and oxygen atoms in total. The van der Waals surface area contributed by atoms with Crippen molar-refractivity contribution in [1.29, 1.82) is 0 Å². The van der Waals surface area contributed by atoms with E-state index in [-0.39, 0.29) is 22.7 Å². The van der Waals surface area contributed by atoms with Gasteiger partial charge in [-0.05, 0) is 17.7 Å². The summed E-state index contributed by atoms with van der Waals surface area (Å²) in [6, 6.07) is 5.24. The fraction of sp³-hybridized carbons (Fsp3) is 0.214. The van der Waals surface area contributed by atoms with Crippen molar-refractivity contribution in [2.75, 3.05) is 11.5 Å². The van der Waals surface area contributed by atoms with E-state index in [0.717, 1.165) is 5.56 Å². The Morgan fingerprint density at radius 1 is 1.16 bits per heavy atom. The lowest BCUT2D eigenvalue weighted by Gasteiger charge is -2.05. The molecule has 25 heavy (non-hydrogen) atoms. The molecule has 0 radical (unpaired) electrons. The first-order valence-corrected chi connectivity index (χ1v) is 8.22. The van der Waals surface area contributed by atoms with Gasteiger partial charge in [-0.1, -0.05) is 40.9 Å². The predicted molar refractivity (Wildman–Crippen MR) is 98.4 cm³/mol. The number of ether oxygens (including phenoxy) is 1. The molecule has 3 rings (SSSR count). The van der Waals surface area contributed by atoms with Gasteiger partial charge in [0.15, 0.2) is 35.1 Å². The van der Waals surface area contributed by atoms with E-state index < -0.39 is 12.3 Å². The quantitative estimate of drug-likeness (QED) is 0.348. The lowest BCUT2D eigenvalue weighted by molar-refractivity contribution is 0.363. The molecule has 1 saturated heterocycles. The van der Waals surface area contributed by atoms with Gasteiger partial charge < -0.3 is 27.3 Å². The van der Waals surface area contributed by atoms with Crippen molar-refractivity contribution in [3.05, 3.63) is 44.7 Å². The number of nitrogen functional groups attached to an aromatic ring is 2. The Bertz CT molecular complexity index is 845. The van der Waals surface area contributed by atoms with Gasteiger partial charge in [-0.3, -0.25) is 0 Å². The number of rotatable bonds is 4. The molecule has 1 aromatic heterocycles. The highest BCUT2D eigenvalue weighted by Crippen LogP contribution is 2.39. The second kappa shape index (κ2) is 7.09. The molecule has 7 N–H and O–H groups in total. The molecule has 0 bridgehead atoms. The highest BCUT2D eigenvalue weighted by molar-refractivity contribution is 6.42. The Balaban J connectivity index is 1.60. The van der Waals surface area contributed by atoms with Crippen LogP contribution in [0.3, 0.4) is 0 Å². The lowest BCUT2D eigenvalue weighted by Crippen LogP contribution is -2.34. The molecule has 2 heterocycles. The maximum atomic E-state index is 5.96. The molecule has 1 aliphatic rings. The zero-order valence-electron chi connectivity index (χ0n) is 12.7. The van der Waals surface area contributed by atoms with Crippen molar-refractivity contribution in [1.82, 2.24) is 15.3 Å². The highest BCUT2D eigenvalue weighted by atomic mass is 35.5. The molecule has 0 saturated carbocycles. The monoisotopic (exact) mass is 401 g/mol. The topological polar surface area (TPSA) is 141 Å². The number of halogens is 3. The molecular weight excluding hydrogens is 389 g/mol. The molecule has 1 aromatic carbocycles. The van der Waals surface area contributed by atoms with Gasteiger partial charge in [0.25, 0.3) is 0 Å². The number of aromatic nitrogens is 2. The Morgan fingerprint density at radius 3 is 2.64 bits per heavy atom. The maximum Gasteiger partial charge on any atom is 0.191 e. The molecule has 2 unspecified atom stereocenters. The van der Waals surface area contributed by atoms with Gasteiger partial charge in [-0.2, -0.15) is 0 Å². The SMILES string of the molecule is NC(=NCc1ccc(Cl)c(Cl)c1)NC1OC1c1nc(Cl)c(N)nc1N. The Labute approximate surface area is 158 Å². The maximum absolute atomic E-state index is 5.96. The van der Waals surface area contributed by atoms with Crippen LogP contribution < -0.4 is 22.5 Å². The van der Waals surface area contributed by atoms with Crippen molar-refractivity contribution in [3.8, 4) is 0 Å². The van der Waals surface area contributed by atoms with Crippen LogP contribution in [0.25, 0.3) is 0 Å². The average Bonchev–Trinajstić information content (AvgIpc) is 3.31. The highest BCUT2D eigenvalue weighted by Gasteiger charge is 2.44. The van der Waals surface area contributed by atoms with E-state index >= 15 is 0 Å². The normalized spacial score (nSPS) is 19.7. The summed E-state index contributed by atoms with van der Waals surface area (Å²) in [6.07, 6.45) is -0.849. The van der Waals surface area contributed by atoms with Gasteiger partial charge in [0, 0.05) is 0 Å². The van der Waals surface area contributed by atoms with Crippen molar-refractivity contribution in [3.63, 3.8) is 0 Å². The summed E-state index contributed by atoms with van der Waals surface area (Å²) in [4.78, 5) is 12.2. The number of hydrogen-bond donors (Lipinski definition) is 4. The molecule has 0 amide bonds. The van der Waals surface area contributed by atoms with E-state index in [9.17, 15) is 0 Å². The van der Waals surface area contributed by atoms with E-state index in [1.807, 2.05) is 6.07 Å². The second-order valence-corrected chi connectivity index (χ2v) is 6.41. The molecule has 0 aliphatic carbocycles. The number of benzene rings is 1. The number of aliphatic imine (C=N–C) groups is 1. The molecule has 1 fully saturated rings. The second-order valence-electron chi connectivity index (χ2n) is 5.24. The van der Waals surface area contributed by atoms with Crippen molar-refractivity contribution < 1.29 is 4.74 Å². The average molecular weight is 403 g/mol. The fourth-order valence-corrected chi connectivity index (χ4v) is 2.55. The van der Waals surface area contributed by atoms with E-state index in [4.69, 9.17) is 56.7 Å². The minimum atomic E-state index is -0.427. The van der Waals surface area contributed by atoms with E-state index in [1.165, 1.54) is 0 Å². The van der Waals surface area contributed by atoms with Crippen LogP contribution in [0.1, 0.15) is 17.4 Å². The van der Waals surface area contributed by atoms with E-state index in [0.29, 0.717) is 22.3 Å². The van der Waals surface area contributed by atoms with E-state index in [2.05, 4.69) is 20.3 Å². The summed E-state index contributed by atoms with van der Waals surface area (Å²) in [5.74, 6) is 0.421. The third kappa shape index (κ3) is 4.16. The van der Waals surface area contributed by atoms with E-state index in [1.54, 1.807) is 12.1 Å². The van der Waals surface area contributed by atoms with Gasteiger partial charge in [-0.25, -0.2) is 15.0 Å². The molecule has 132 valence electrons. The summed E-state index contributed by atoms with van der Waals surface area (Å²) < 4.78 is 5.44. The van der Waals surface area contributed by atoms with Crippen molar-refractivity contribution in [2.24, 2.45) is 10.7 Å². The van der Waals surface area contributed by atoms with Gasteiger partial charge in [0.05, 0.1) is 16.6 Å². The first kappa shape index (κ1) is 17.8. The number of epoxide rings is 1. The Morgan fingerprint density at radius 2 is 1.92 bits per heavy atom. The number of hydrogen-bond acceptors (Lipinski definition) is 6. The van der Waals surface area contributed by atoms with Gasteiger partial charge in [0.2, 0.25) is 0 Å². The van der Waals surface area contributed by atoms with Crippen LogP contribution in [-0.2, 0) is 11.3 Å². The van der Waals surface area contributed by atoms with Crippen LogP contribution in [0.15, 0.2) is 23.2 Å². The zero-order valence-corrected chi connectivity index (χ0v) is 15.0. The number of nitrogens with two attached hydrogens (primary N) is 3. The van der Waals surface area contributed by atoms with Crippen LogP contribution in [0, 0.1) is 0 Å². The number of nitrogens with one attached hydrogen (secondary N) is 1. The molecule has 1 aliphatic heterocycles. The molecule has 2 atom stereocenters. The first-order valence-electron chi connectivity index (χ1n) is 7.09. The molecular formula is C14H14Cl3N7O. The lowest BCUT2D eigenvalue weighted by atomic mass is 10.2. The number of guanidine groups is 1. The summed E-state index contributed by atoms with van der Waals surface area (Å²) in [5.41, 5.74) is 18.4. The van der Waals surface area contributed by atoms with Crippen molar-refractivity contribution >= 4 is 52.4 Å². The minimum absolute atomic E-state index is 0.0655. The zero-order chi connectivity index (χ0) is 18.1. The Kier molecular flexibility index (Phi) is 5.05. The largest absolute Gasteiger partial charge is 0.382 e. The minimum Gasteiger partial charge on any atom is -0.382 e. The third-order valence-corrected chi connectivity index (χ3v) is 4.42. The summed E-state index contributed by atoms with van der Waals surface area (Å²) in [7, 11) is 0. The van der Waals surface area contributed by atoms with Crippen molar-refractivity contribution in [2.45, 2.75) is 18.9 Å². The van der Waals surface area contributed by atoms with Crippen LogP contribution in [0.4, 0.5) is 11.6 Å². The van der Waals surface area contributed by atoms with Crippen LogP contribution >= 0.6 is 34.8 Å². The van der Waals surface area contributed by atoms with Gasteiger partial charge in [0.1, 0.15) is 5.69 Å². The third-order valence-electron chi connectivity index (χ3n) is 3.40. The number of nitrogens with zero attached hydrogens (tertiary/aromatic N) is 3. The van der Waals surface area contributed by atoms with Crippen LogP contribution in [0.5, 0.6) is 0 Å². The number of anilines is 2. The standard InChI is InChI=1S/C14H14Cl3N7O/c15-6-2-1-5(3-7(6)16)4-21-14(20)24-13-9(25-13)8-11(18)23-12(19)10(17)22-8/h1-3,9,13H,4H2,(H4,18,19,23)(H3,20,21,24). The summed E-state index contributed by atoms with van der Waals surface area (Å²) >= 11 is 17.7.